The predicted octanol–water partition coefficient (Wildman–Crippen LogP) is 3.17. The molecule has 0 saturated carbocycles. The highest BCUT2D eigenvalue weighted by atomic mass is 35.5. The molecule has 116 valence electrons. The Bertz CT molecular complexity index is 813. The lowest BCUT2D eigenvalue weighted by molar-refractivity contribution is 0.262. The van der Waals surface area contributed by atoms with Crippen molar-refractivity contribution >= 4 is 29.0 Å². The molecule has 0 atom stereocenters. The summed E-state index contributed by atoms with van der Waals surface area (Å²) in [6, 6.07) is 13.8. The Morgan fingerprint density at radius 1 is 1.00 bits per heavy atom. The molecule has 2 aromatic carbocycles. The van der Waals surface area contributed by atoms with Crippen LogP contribution in [-0.2, 0) is 7.05 Å². The van der Waals surface area contributed by atoms with Crippen LogP contribution in [0.1, 0.15) is 0 Å². The lowest BCUT2D eigenvalue weighted by Gasteiger charge is -2.08. The van der Waals surface area contributed by atoms with Crippen molar-refractivity contribution < 1.29 is 4.79 Å². The topological polar surface area (TPSA) is 84.7 Å². The lowest BCUT2D eigenvalue weighted by Crippen LogP contribution is -2.19. The minimum absolute atomic E-state index is 0.333. The number of tetrazole rings is 1. The van der Waals surface area contributed by atoms with Crippen molar-refractivity contribution in [3.63, 3.8) is 0 Å². The third kappa shape index (κ3) is 3.64. The normalized spacial score (nSPS) is 10.3. The molecule has 7 nitrogen and oxygen atoms in total. The van der Waals surface area contributed by atoms with E-state index in [1.807, 2.05) is 12.1 Å². The highest BCUT2D eigenvalue weighted by Gasteiger charge is 2.07. The van der Waals surface area contributed by atoms with Crippen molar-refractivity contribution in [1.29, 1.82) is 0 Å². The van der Waals surface area contributed by atoms with Crippen molar-refractivity contribution in [3.8, 4) is 11.4 Å². The number of aromatic nitrogens is 4. The van der Waals surface area contributed by atoms with Crippen molar-refractivity contribution in [3.05, 3.63) is 53.6 Å². The number of urea groups is 1. The lowest BCUT2D eigenvalue weighted by atomic mass is 10.2. The summed E-state index contributed by atoms with van der Waals surface area (Å²) >= 11 is 5.80. The van der Waals surface area contributed by atoms with Crippen molar-refractivity contribution in [2.75, 3.05) is 10.6 Å². The van der Waals surface area contributed by atoms with Crippen LogP contribution in [0.4, 0.5) is 16.2 Å². The summed E-state index contributed by atoms with van der Waals surface area (Å²) in [7, 11) is 1.76. The Balaban J connectivity index is 1.65. The van der Waals surface area contributed by atoms with Crippen LogP contribution in [0.15, 0.2) is 48.5 Å². The Labute approximate surface area is 137 Å². The molecule has 1 aromatic heterocycles. The molecule has 1 heterocycles. The number of halogens is 1. The van der Waals surface area contributed by atoms with Gasteiger partial charge in [-0.3, -0.25) is 0 Å². The van der Waals surface area contributed by atoms with Gasteiger partial charge in [-0.2, -0.15) is 0 Å². The van der Waals surface area contributed by atoms with Gasteiger partial charge in [0, 0.05) is 29.0 Å². The van der Waals surface area contributed by atoms with E-state index in [1.54, 1.807) is 48.1 Å². The molecule has 0 radical (unpaired) electrons. The van der Waals surface area contributed by atoms with Gasteiger partial charge >= 0.3 is 6.03 Å². The van der Waals surface area contributed by atoms with E-state index in [1.165, 1.54) is 0 Å². The average Bonchev–Trinajstić information content (AvgIpc) is 2.96. The maximum atomic E-state index is 11.9. The molecule has 0 fully saturated rings. The molecule has 3 rings (SSSR count). The predicted molar refractivity (Wildman–Crippen MR) is 88.3 cm³/mol. The van der Waals surface area contributed by atoms with Gasteiger partial charge in [-0.25, -0.2) is 9.48 Å². The molecule has 3 aromatic rings. The summed E-state index contributed by atoms with van der Waals surface area (Å²) in [6.45, 7) is 0. The van der Waals surface area contributed by atoms with Gasteiger partial charge < -0.3 is 10.6 Å². The summed E-state index contributed by atoms with van der Waals surface area (Å²) in [6.07, 6.45) is 0. The van der Waals surface area contributed by atoms with Crippen LogP contribution in [0.2, 0.25) is 5.02 Å². The monoisotopic (exact) mass is 328 g/mol. The number of amides is 2. The standard InChI is InChI=1S/C15H13ClN6O/c1-22-14(19-20-21-22)10-2-6-12(7-3-10)17-15(23)18-13-8-4-11(16)5-9-13/h2-9H,1H3,(H2,17,18,23). The van der Waals surface area contributed by atoms with Crippen LogP contribution >= 0.6 is 11.6 Å². The third-order valence-electron chi connectivity index (χ3n) is 3.12. The van der Waals surface area contributed by atoms with Gasteiger partial charge in [-0.05, 0) is 59.0 Å². The maximum Gasteiger partial charge on any atom is 0.323 e. The highest BCUT2D eigenvalue weighted by Crippen LogP contribution is 2.18. The molecule has 0 unspecified atom stereocenters. The van der Waals surface area contributed by atoms with E-state index in [2.05, 4.69) is 26.2 Å². The van der Waals surface area contributed by atoms with E-state index in [4.69, 9.17) is 11.6 Å². The van der Waals surface area contributed by atoms with Gasteiger partial charge in [0.05, 0.1) is 0 Å². The summed E-state index contributed by atoms with van der Waals surface area (Å²) in [5.74, 6) is 0.655. The second-order valence-corrected chi connectivity index (χ2v) is 5.23. The molecule has 23 heavy (non-hydrogen) atoms. The average molecular weight is 329 g/mol. The van der Waals surface area contributed by atoms with Crippen LogP contribution in [0.3, 0.4) is 0 Å². The number of nitrogens with zero attached hydrogens (tertiary/aromatic N) is 4. The largest absolute Gasteiger partial charge is 0.323 e. The molecular formula is C15H13ClN6O. The molecule has 0 aliphatic rings. The fourth-order valence-electron chi connectivity index (χ4n) is 2.00. The minimum Gasteiger partial charge on any atom is -0.308 e. The summed E-state index contributed by atoms with van der Waals surface area (Å²) in [5.41, 5.74) is 2.19. The maximum absolute atomic E-state index is 11.9. The molecule has 0 bridgehead atoms. The third-order valence-corrected chi connectivity index (χ3v) is 3.38. The fraction of sp³-hybridized carbons (Fsp3) is 0.0667. The molecular weight excluding hydrogens is 316 g/mol. The number of hydrogen-bond acceptors (Lipinski definition) is 4. The Kier molecular flexibility index (Phi) is 4.20. The van der Waals surface area contributed by atoms with E-state index >= 15 is 0 Å². The van der Waals surface area contributed by atoms with Crippen LogP contribution in [0.5, 0.6) is 0 Å². The Hall–Kier alpha value is -2.93. The van der Waals surface area contributed by atoms with Crippen LogP contribution in [0.25, 0.3) is 11.4 Å². The van der Waals surface area contributed by atoms with Gasteiger partial charge in [-0.1, -0.05) is 11.6 Å². The smallest absolute Gasteiger partial charge is 0.308 e. The van der Waals surface area contributed by atoms with Crippen molar-refractivity contribution in [2.24, 2.45) is 7.05 Å². The first-order chi connectivity index (χ1) is 11.1. The minimum atomic E-state index is -0.333. The summed E-state index contributed by atoms with van der Waals surface area (Å²) in [4.78, 5) is 11.9. The second kappa shape index (κ2) is 6.45. The second-order valence-electron chi connectivity index (χ2n) is 4.79. The molecule has 2 amide bonds. The van der Waals surface area contributed by atoms with Crippen molar-refractivity contribution in [2.45, 2.75) is 0 Å². The van der Waals surface area contributed by atoms with Crippen molar-refractivity contribution in [1.82, 2.24) is 20.2 Å². The van der Waals surface area contributed by atoms with Gasteiger partial charge in [0.2, 0.25) is 0 Å². The van der Waals surface area contributed by atoms with Gasteiger partial charge in [-0.15, -0.1) is 5.10 Å². The fourth-order valence-corrected chi connectivity index (χ4v) is 2.13. The first kappa shape index (κ1) is 15.0. The summed E-state index contributed by atoms with van der Waals surface area (Å²) in [5, 5.41) is 17.4. The van der Waals surface area contributed by atoms with Crippen LogP contribution in [0, 0.1) is 0 Å². The van der Waals surface area contributed by atoms with Crippen LogP contribution in [-0.4, -0.2) is 26.2 Å². The van der Waals surface area contributed by atoms with E-state index in [0.717, 1.165) is 5.56 Å². The highest BCUT2D eigenvalue weighted by molar-refractivity contribution is 6.30. The van der Waals surface area contributed by atoms with E-state index in [0.29, 0.717) is 22.2 Å². The summed E-state index contributed by atoms with van der Waals surface area (Å²) < 4.78 is 1.58. The quantitative estimate of drug-likeness (QED) is 0.773. The van der Waals surface area contributed by atoms with Gasteiger partial charge in [0.15, 0.2) is 5.82 Å². The van der Waals surface area contributed by atoms with E-state index < -0.39 is 0 Å². The first-order valence-corrected chi connectivity index (χ1v) is 7.16. The first-order valence-electron chi connectivity index (χ1n) is 6.78. The molecule has 0 spiro atoms. The number of hydrogen-bond donors (Lipinski definition) is 2. The van der Waals surface area contributed by atoms with Gasteiger partial charge in [0.1, 0.15) is 0 Å². The number of carbonyl (C=O) groups excluding carboxylic acids is 1. The zero-order valence-electron chi connectivity index (χ0n) is 12.2. The van der Waals surface area contributed by atoms with Gasteiger partial charge in [0.25, 0.3) is 0 Å². The zero-order valence-corrected chi connectivity index (χ0v) is 12.9. The Morgan fingerprint density at radius 3 is 2.09 bits per heavy atom. The number of carbonyl (C=O) groups is 1. The SMILES string of the molecule is Cn1nnnc1-c1ccc(NC(=O)Nc2ccc(Cl)cc2)cc1. The van der Waals surface area contributed by atoms with E-state index in [9.17, 15) is 4.79 Å². The number of benzene rings is 2. The number of anilines is 2. The molecule has 2 N–H and O–H groups in total. The number of aryl methyl sites for hydroxylation is 1. The zero-order chi connectivity index (χ0) is 16.2. The Morgan fingerprint density at radius 2 is 1.57 bits per heavy atom. The molecule has 0 aliphatic heterocycles. The molecule has 0 saturated heterocycles. The number of rotatable bonds is 3. The number of nitrogens with one attached hydrogen (secondary N) is 2. The van der Waals surface area contributed by atoms with E-state index in [-0.39, 0.29) is 6.03 Å². The molecule has 8 heteroatoms. The molecule has 0 aliphatic carbocycles. The van der Waals surface area contributed by atoms with Crippen LogP contribution < -0.4 is 10.6 Å².